The van der Waals surface area contributed by atoms with Gasteiger partial charge >= 0.3 is 0 Å². The number of carbonyl (C=O) groups is 1. The van der Waals surface area contributed by atoms with Crippen molar-refractivity contribution >= 4 is 15.9 Å². The fraction of sp³-hybridized carbons (Fsp3) is 0.412. The number of amides is 1. The van der Waals surface area contributed by atoms with Gasteiger partial charge in [-0.05, 0) is 38.1 Å². The number of oxazole rings is 1. The summed E-state index contributed by atoms with van der Waals surface area (Å²) in [5.41, 5.74) is 2.62. The van der Waals surface area contributed by atoms with Crippen LogP contribution in [0.2, 0.25) is 0 Å². The first-order chi connectivity index (χ1) is 11.8. The van der Waals surface area contributed by atoms with Gasteiger partial charge in [0.1, 0.15) is 5.76 Å². The van der Waals surface area contributed by atoms with Gasteiger partial charge in [0.25, 0.3) is 0 Å². The Morgan fingerprint density at radius 3 is 2.52 bits per heavy atom. The van der Waals surface area contributed by atoms with Gasteiger partial charge < -0.3 is 9.73 Å². The summed E-state index contributed by atoms with van der Waals surface area (Å²) in [4.78, 5) is 16.4. The SMILES string of the molecule is CCc1ccc(-c2nc(CC(=O)NCCS(=O)(=O)NC)c(C)o2)cc1. The third-order valence-corrected chi connectivity index (χ3v) is 5.20. The Morgan fingerprint density at radius 2 is 1.92 bits per heavy atom. The van der Waals surface area contributed by atoms with Crippen LogP contribution < -0.4 is 10.0 Å². The zero-order chi connectivity index (χ0) is 18.4. The number of sulfonamides is 1. The van der Waals surface area contributed by atoms with Crippen molar-refractivity contribution in [3.63, 3.8) is 0 Å². The molecule has 0 saturated carbocycles. The zero-order valence-corrected chi connectivity index (χ0v) is 15.4. The number of aromatic nitrogens is 1. The summed E-state index contributed by atoms with van der Waals surface area (Å²) in [7, 11) is -2.00. The number of benzene rings is 1. The molecule has 0 aliphatic heterocycles. The summed E-state index contributed by atoms with van der Waals surface area (Å²) in [6.07, 6.45) is 1.00. The molecule has 1 aromatic carbocycles. The first-order valence-corrected chi connectivity index (χ1v) is 9.73. The molecule has 0 radical (unpaired) electrons. The molecule has 136 valence electrons. The Hall–Kier alpha value is -2.19. The Kier molecular flexibility index (Phi) is 6.33. The highest BCUT2D eigenvalue weighted by Gasteiger charge is 2.15. The second-order valence-corrected chi connectivity index (χ2v) is 7.67. The molecule has 2 rings (SSSR count). The number of aryl methyl sites for hydroxylation is 2. The van der Waals surface area contributed by atoms with Crippen LogP contribution in [0.15, 0.2) is 28.7 Å². The maximum Gasteiger partial charge on any atom is 0.226 e. The quantitative estimate of drug-likeness (QED) is 0.737. The Bertz CT molecular complexity index is 826. The number of nitrogens with one attached hydrogen (secondary N) is 2. The van der Waals surface area contributed by atoms with E-state index in [0.717, 1.165) is 12.0 Å². The molecule has 1 heterocycles. The summed E-state index contributed by atoms with van der Waals surface area (Å²) in [5, 5.41) is 2.57. The van der Waals surface area contributed by atoms with E-state index < -0.39 is 10.0 Å². The molecule has 0 fully saturated rings. The molecule has 0 spiro atoms. The van der Waals surface area contributed by atoms with Gasteiger partial charge in [0, 0.05) is 12.1 Å². The Balaban J connectivity index is 1.98. The molecule has 1 aromatic heterocycles. The maximum atomic E-state index is 12.0. The van der Waals surface area contributed by atoms with Gasteiger partial charge in [-0.15, -0.1) is 0 Å². The average Bonchev–Trinajstić information content (AvgIpc) is 2.95. The summed E-state index contributed by atoms with van der Waals surface area (Å²) < 4.78 is 30.5. The lowest BCUT2D eigenvalue weighted by molar-refractivity contribution is -0.120. The van der Waals surface area contributed by atoms with Crippen LogP contribution >= 0.6 is 0 Å². The highest BCUT2D eigenvalue weighted by molar-refractivity contribution is 7.89. The molecule has 8 heteroatoms. The standard InChI is InChI=1S/C17H23N3O4S/c1-4-13-5-7-14(8-6-13)17-20-15(12(2)24-17)11-16(21)19-9-10-25(22,23)18-3/h5-8,18H,4,9-11H2,1-3H3,(H,19,21). The lowest BCUT2D eigenvalue weighted by Crippen LogP contribution is -2.33. The number of carbonyl (C=O) groups excluding carboxylic acids is 1. The predicted molar refractivity (Wildman–Crippen MR) is 95.6 cm³/mol. The minimum Gasteiger partial charge on any atom is -0.441 e. The summed E-state index contributed by atoms with van der Waals surface area (Å²) in [5.74, 6) is 0.589. The van der Waals surface area contributed by atoms with Crippen LogP contribution in [0.25, 0.3) is 11.5 Å². The molecule has 7 nitrogen and oxygen atoms in total. The van der Waals surface area contributed by atoms with E-state index in [-0.39, 0.29) is 24.6 Å². The smallest absolute Gasteiger partial charge is 0.226 e. The molecule has 0 unspecified atom stereocenters. The molecule has 0 aliphatic rings. The molecule has 2 aromatic rings. The van der Waals surface area contributed by atoms with Crippen LogP contribution in [0.3, 0.4) is 0 Å². The zero-order valence-electron chi connectivity index (χ0n) is 14.6. The Morgan fingerprint density at radius 1 is 1.24 bits per heavy atom. The minimum atomic E-state index is -3.33. The molecule has 1 amide bonds. The molecule has 0 bridgehead atoms. The van der Waals surface area contributed by atoms with Gasteiger partial charge in [-0.3, -0.25) is 4.79 Å². The highest BCUT2D eigenvalue weighted by atomic mass is 32.2. The van der Waals surface area contributed by atoms with Crippen LogP contribution in [0, 0.1) is 6.92 Å². The molecular weight excluding hydrogens is 342 g/mol. The van der Waals surface area contributed by atoms with E-state index in [1.807, 2.05) is 24.3 Å². The summed E-state index contributed by atoms with van der Waals surface area (Å²) in [6, 6.07) is 7.92. The van der Waals surface area contributed by atoms with Gasteiger partial charge in [-0.2, -0.15) is 0 Å². The monoisotopic (exact) mass is 365 g/mol. The predicted octanol–water partition coefficient (Wildman–Crippen LogP) is 1.42. The number of rotatable bonds is 8. The summed E-state index contributed by atoms with van der Waals surface area (Å²) in [6.45, 7) is 3.89. The van der Waals surface area contributed by atoms with Gasteiger partial charge in [-0.25, -0.2) is 18.1 Å². The van der Waals surface area contributed by atoms with Crippen molar-refractivity contribution in [3.8, 4) is 11.5 Å². The van der Waals surface area contributed by atoms with E-state index in [2.05, 4.69) is 21.9 Å². The number of nitrogens with zero attached hydrogens (tertiary/aromatic N) is 1. The topological polar surface area (TPSA) is 101 Å². The minimum absolute atomic E-state index is 0.0436. The first kappa shape index (κ1) is 19.1. The summed E-state index contributed by atoms with van der Waals surface area (Å²) >= 11 is 0. The van der Waals surface area contributed by atoms with Crippen LogP contribution in [0.4, 0.5) is 0 Å². The van der Waals surface area contributed by atoms with Crippen molar-refractivity contribution in [2.45, 2.75) is 26.7 Å². The molecule has 0 atom stereocenters. The van der Waals surface area contributed by atoms with Crippen LogP contribution in [0.1, 0.15) is 23.9 Å². The molecule has 0 saturated heterocycles. The van der Waals surface area contributed by atoms with E-state index >= 15 is 0 Å². The van der Waals surface area contributed by atoms with Crippen molar-refractivity contribution in [2.24, 2.45) is 0 Å². The lowest BCUT2D eigenvalue weighted by atomic mass is 10.1. The normalized spacial score (nSPS) is 11.5. The van der Waals surface area contributed by atoms with Crippen molar-refractivity contribution in [1.82, 2.24) is 15.0 Å². The van der Waals surface area contributed by atoms with Gasteiger partial charge in [0.15, 0.2) is 0 Å². The van der Waals surface area contributed by atoms with E-state index in [9.17, 15) is 13.2 Å². The number of hydrogen-bond donors (Lipinski definition) is 2. The lowest BCUT2D eigenvalue weighted by Gasteiger charge is -2.04. The fourth-order valence-electron chi connectivity index (χ4n) is 2.24. The molecule has 25 heavy (non-hydrogen) atoms. The average molecular weight is 365 g/mol. The van der Waals surface area contributed by atoms with Crippen LogP contribution in [-0.4, -0.2) is 38.7 Å². The fourth-order valence-corrected chi connectivity index (χ4v) is 2.81. The van der Waals surface area contributed by atoms with E-state index in [0.29, 0.717) is 17.3 Å². The van der Waals surface area contributed by atoms with Gasteiger partial charge in [-0.1, -0.05) is 19.1 Å². The van der Waals surface area contributed by atoms with E-state index in [4.69, 9.17) is 4.42 Å². The van der Waals surface area contributed by atoms with Crippen molar-refractivity contribution in [1.29, 1.82) is 0 Å². The second kappa shape index (κ2) is 8.26. The van der Waals surface area contributed by atoms with Crippen LogP contribution in [0.5, 0.6) is 0 Å². The maximum absolute atomic E-state index is 12.0. The Labute approximate surface area is 147 Å². The highest BCUT2D eigenvalue weighted by Crippen LogP contribution is 2.22. The second-order valence-electron chi connectivity index (χ2n) is 5.62. The third kappa shape index (κ3) is 5.40. The largest absolute Gasteiger partial charge is 0.441 e. The third-order valence-electron chi connectivity index (χ3n) is 3.83. The van der Waals surface area contributed by atoms with Crippen molar-refractivity contribution in [3.05, 3.63) is 41.3 Å². The molecule has 2 N–H and O–H groups in total. The molecular formula is C17H23N3O4S. The van der Waals surface area contributed by atoms with Crippen molar-refractivity contribution < 1.29 is 17.6 Å². The first-order valence-electron chi connectivity index (χ1n) is 8.08. The van der Waals surface area contributed by atoms with Crippen molar-refractivity contribution in [2.75, 3.05) is 19.3 Å². The van der Waals surface area contributed by atoms with E-state index in [1.165, 1.54) is 12.6 Å². The number of hydrogen-bond acceptors (Lipinski definition) is 5. The van der Waals surface area contributed by atoms with Gasteiger partial charge in [0.05, 0.1) is 17.9 Å². The van der Waals surface area contributed by atoms with Crippen LogP contribution in [-0.2, 0) is 27.7 Å². The molecule has 0 aliphatic carbocycles. The van der Waals surface area contributed by atoms with Gasteiger partial charge in [0.2, 0.25) is 21.8 Å². The van der Waals surface area contributed by atoms with E-state index in [1.54, 1.807) is 6.92 Å².